The SMILES string of the molecule is Cn1c(-c2ccccc2)cc(O)c(C(=N)c2ccccc2F)c1=O. The molecule has 3 rings (SSSR count). The molecule has 24 heavy (non-hydrogen) atoms. The lowest BCUT2D eigenvalue weighted by Gasteiger charge is -2.13. The van der Waals surface area contributed by atoms with E-state index in [1.807, 2.05) is 30.3 Å². The molecule has 0 aliphatic heterocycles. The second kappa shape index (κ2) is 6.12. The van der Waals surface area contributed by atoms with E-state index in [0.29, 0.717) is 5.69 Å². The van der Waals surface area contributed by atoms with Crippen LogP contribution in [0, 0.1) is 11.2 Å². The Morgan fingerprint density at radius 1 is 1.08 bits per heavy atom. The van der Waals surface area contributed by atoms with Crippen molar-refractivity contribution < 1.29 is 9.50 Å². The standard InChI is InChI=1S/C19H15FN2O2/c1-22-15(12-7-3-2-4-8-12)11-16(23)17(19(22)24)18(21)13-9-5-6-10-14(13)20/h2-11,21,23H,1H3. The molecule has 4 nitrogen and oxygen atoms in total. The van der Waals surface area contributed by atoms with Gasteiger partial charge in [-0.3, -0.25) is 10.2 Å². The van der Waals surface area contributed by atoms with Crippen LogP contribution in [0.3, 0.4) is 0 Å². The normalized spacial score (nSPS) is 10.6. The van der Waals surface area contributed by atoms with E-state index in [9.17, 15) is 14.3 Å². The molecule has 0 amide bonds. The number of aromatic nitrogens is 1. The van der Waals surface area contributed by atoms with Gasteiger partial charge in [0.2, 0.25) is 0 Å². The number of nitrogens with one attached hydrogen (secondary N) is 1. The third kappa shape index (κ3) is 2.60. The van der Waals surface area contributed by atoms with Crippen LogP contribution in [0.15, 0.2) is 65.5 Å². The van der Waals surface area contributed by atoms with Crippen molar-refractivity contribution in [3.8, 4) is 17.0 Å². The summed E-state index contributed by atoms with van der Waals surface area (Å²) in [6.45, 7) is 0. The highest BCUT2D eigenvalue weighted by Crippen LogP contribution is 2.25. The lowest BCUT2D eigenvalue weighted by Crippen LogP contribution is -2.26. The van der Waals surface area contributed by atoms with E-state index in [4.69, 9.17) is 5.41 Å². The van der Waals surface area contributed by atoms with Gasteiger partial charge in [-0.1, -0.05) is 42.5 Å². The molecule has 0 atom stereocenters. The summed E-state index contributed by atoms with van der Waals surface area (Å²) in [5.74, 6) is -0.957. The summed E-state index contributed by atoms with van der Waals surface area (Å²) in [5.41, 5.74) is 0.132. The third-order valence-corrected chi connectivity index (χ3v) is 3.87. The van der Waals surface area contributed by atoms with Crippen LogP contribution >= 0.6 is 0 Å². The average Bonchev–Trinajstić information content (AvgIpc) is 2.59. The maximum Gasteiger partial charge on any atom is 0.264 e. The highest BCUT2D eigenvalue weighted by Gasteiger charge is 2.20. The molecule has 2 N–H and O–H groups in total. The summed E-state index contributed by atoms with van der Waals surface area (Å²) in [7, 11) is 1.56. The molecule has 0 saturated heterocycles. The van der Waals surface area contributed by atoms with Crippen molar-refractivity contribution >= 4 is 5.71 Å². The highest BCUT2D eigenvalue weighted by molar-refractivity contribution is 6.12. The van der Waals surface area contributed by atoms with Crippen LogP contribution in [0.2, 0.25) is 0 Å². The van der Waals surface area contributed by atoms with Crippen molar-refractivity contribution in [1.82, 2.24) is 4.57 Å². The van der Waals surface area contributed by atoms with Gasteiger partial charge in [0, 0.05) is 18.7 Å². The molecule has 2 aromatic carbocycles. The predicted octanol–water partition coefficient (Wildman–Crippen LogP) is 3.31. The number of hydrogen-bond donors (Lipinski definition) is 2. The number of pyridine rings is 1. The van der Waals surface area contributed by atoms with Crippen molar-refractivity contribution in [3.63, 3.8) is 0 Å². The van der Waals surface area contributed by atoms with Gasteiger partial charge < -0.3 is 9.67 Å². The van der Waals surface area contributed by atoms with Crippen LogP contribution in [0.5, 0.6) is 5.75 Å². The molecule has 0 saturated carbocycles. The molecular formula is C19H15FN2O2. The summed E-state index contributed by atoms with van der Waals surface area (Å²) in [6, 6.07) is 16.2. The Balaban J connectivity index is 2.18. The Morgan fingerprint density at radius 2 is 1.71 bits per heavy atom. The Hall–Kier alpha value is -3.21. The Kier molecular flexibility index (Phi) is 4.00. The van der Waals surface area contributed by atoms with Crippen LogP contribution < -0.4 is 5.56 Å². The topological polar surface area (TPSA) is 66.1 Å². The van der Waals surface area contributed by atoms with Crippen molar-refractivity contribution in [3.05, 3.63) is 88.0 Å². The molecule has 3 aromatic rings. The minimum Gasteiger partial charge on any atom is -0.507 e. The molecule has 1 aromatic heterocycles. The van der Waals surface area contributed by atoms with Gasteiger partial charge >= 0.3 is 0 Å². The number of hydrogen-bond acceptors (Lipinski definition) is 3. The minimum atomic E-state index is -0.615. The van der Waals surface area contributed by atoms with Gasteiger partial charge in [0.15, 0.2) is 0 Å². The van der Waals surface area contributed by atoms with Gasteiger partial charge in [0.1, 0.15) is 17.1 Å². The molecular weight excluding hydrogens is 307 g/mol. The van der Waals surface area contributed by atoms with E-state index in [2.05, 4.69) is 0 Å². The molecule has 0 aliphatic carbocycles. The van der Waals surface area contributed by atoms with Crippen LogP contribution in [0.1, 0.15) is 11.1 Å². The summed E-state index contributed by atoms with van der Waals surface area (Å²) < 4.78 is 15.2. The van der Waals surface area contributed by atoms with Gasteiger partial charge in [0.25, 0.3) is 5.56 Å². The molecule has 0 radical (unpaired) electrons. The van der Waals surface area contributed by atoms with Crippen LogP contribution in [-0.4, -0.2) is 15.4 Å². The zero-order valence-electron chi connectivity index (χ0n) is 13.0. The quantitative estimate of drug-likeness (QED) is 0.727. The number of nitrogens with zero attached hydrogens (tertiary/aromatic N) is 1. The average molecular weight is 322 g/mol. The first-order chi connectivity index (χ1) is 11.5. The zero-order chi connectivity index (χ0) is 17.3. The lowest BCUT2D eigenvalue weighted by molar-refractivity contribution is 0.471. The fraction of sp³-hybridized carbons (Fsp3) is 0.0526. The summed E-state index contributed by atoms with van der Waals surface area (Å²) in [5, 5.41) is 18.5. The fourth-order valence-electron chi connectivity index (χ4n) is 2.60. The van der Waals surface area contributed by atoms with Gasteiger partial charge in [0.05, 0.1) is 11.4 Å². The Morgan fingerprint density at radius 3 is 2.38 bits per heavy atom. The molecule has 0 unspecified atom stereocenters. The van der Waals surface area contributed by atoms with Crippen LogP contribution in [0.4, 0.5) is 4.39 Å². The summed E-state index contributed by atoms with van der Waals surface area (Å²) >= 11 is 0. The molecule has 0 aliphatic rings. The molecule has 0 spiro atoms. The fourth-order valence-corrected chi connectivity index (χ4v) is 2.60. The van der Waals surface area contributed by atoms with Crippen molar-refractivity contribution in [2.24, 2.45) is 7.05 Å². The predicted molar refractivity (Wildman–Crippen MR) is 91.1 cm³/mol. The van der Waals surface area contributed by atoms with E-state index < -0.39 is 11.4 Å². The number of halogens is 1. The molecule has 120 valence electrons. The number of benzene rings is 2. The molecule has 0 fully saturated rings. The van der Waals surface area contributed by atoms with Gasteiger partial charge in [-0.15, -0.1) is 0 Å². The van der Waals surface area contributed by atoms with E-state index in [-0.39, 0.29) is 22.6 Å². The summed E-state index contributed by atoms with van der Waals surface area (Å²) in [4.78, 5) is 12.6. The maximum absolute atomic E-state index is 13.9. The second-order valence-corrected chi connectivity index (χ2v) is 5.37. The van der Waals surface area contributed by atoms with Gasteiger partial charge in [-0.25, -0.2) is 4.39 Å². The maximum atomic E-state index is 13.9. The Labute approximate surface area is 138 Å². The number of aromatic hydroxyl groups is 1. The van der Waals surface area contributed by atoms with Crippen molar-refractivity contribution in [2.75, 3.05) is 0 Å². The largest absolute Gasteiger partial charge is 0.507 e. The van der Waals surface area contributed by atoms with E-state index in [0.717, 1.165) is 5.56 Å². The second-order valence-electron chi connectivity index (χ2n) is 5.37. The van der Waals surface area contributed by atoms with E-state index >= 15 is 0 Å². The molecule has 0 bridgehead atoms. The van der Waals surface area contributed by atoms with Crippen LogP contribution in [0.25, 0.3) is 11.3 Å². The highest BCUT2D eigenvalue weighted by atomic mass is 19.1. The Bertz CT molecular complexity index is 978. The summed E-state index contributed by atoms with van der Waals surface area (Å²) in [6.07, 6.45) is 0. The van der Waals surface area contributed by atoms with Gasteiger partial charge in [-0.2, -0.15) is 0 Å². The smallest absolute Gasteiger partial charge is 0.264 e. The van der Waals surface area contributed by atoms with Gasteiger partial charge in [-0.05, 0) is 17.7 Å². The first-order valence-corrected chi connectivity index (χ1v) is 7.33. The van der Waals surface area contributed by atoms with E-state index in [1.165, 1.54) is 28.8 Å². The number of rotatable bonds is 3. The molecule has 5 heteroatoms. The molecule has 1 heterocycles. The van der Waals surface area contributed by atoms with Crippen molar-refractivity contribution in [2.45, 2.75) is 0 Å². The first-order valence-electron chi connectivity index (χ1n) is 7.33. The first kappa shape index (κ1) is 15.7. The van der Waals surface area contributed by atoms with Crippen LogP contribution in [-0.2, 0) is 7.05 Å². The minimum absolute atomic E-state index is 0.0302. The van der Waals surface area contributed by atoms with E-state index in [1.54, 1.807) is 13.1 Å². The lowest BCUT2D eigenvalue weighted by atomic mass is 10.0. The van der Waals surface area contributed by atoms with Crippen molar-refractivity contribution in [1.29, 1.82) is 5.41 Å². The zero-order valence-corrected chi connectivity index (χ0v) is 13.0. The third-order valence-electron chi connectivity index (χ3n) is 3.87. The monoisotopic (exact) mass is 322 g/mol.